The number of benzene rings is 2. The second kappa shape index (κ2) is 10.4. The lowest BCUT2D eigenvalue weighted by atomic mass is 10.1. The fourth-order valence-corrected chi connectivity index (χ4v) is 5.34. The van der Waals surface area contributed by atoms with Crippen molar-refractivity contribution in [3.63, 3.8) is 0 Å². The molecule has 0 saturated heterocycles. The van der Waals surface area contributed by atoms with Crippen LogP contribution in [0, 0.1) is 0 Å². The Hall–Kier alpha value is -1.89. The highest BCUT2D eigenvalue weighted by molar-refractivity contribution is 7.89. The van der Waals surface area contributed by atoms with E-state index in [9.17, 15) is 13.2 Å². The van der Waals surface area contributed by atoms with Gasteiger partial charge in [-0.05, 0) is 54.8 Å². The Labute approximate surface area is 184 Å². The number of halogens is 1. The minimum absolute atomic E-state index is 0.0606. The first-order valence-electron chi connectivity index (χ1n) is 10.6. The molecule has 0 aromatic heterocycles. The fraction of sp³-hybridized carbons (Fsp3) is 0.435. The Morgan fingerprint density at radius 1 is 1.00 bits per heavy atom. The van der Waals surface area contributed by atoms with Gasteiger partial charge in [-0.2, -0.15) is 4.31 Å². The lowest BCUT2D eigenvalue weighted by Gasteiger charge is -2.21. The molecule has 2 aromatic rings. The molecule has 162 valence electrons. The SMILES string of the molecule is CCN(Cc1ccc(C(=O)NC2CCCCCC2)cc1)S(=O)(=O)c1ccc(Cl)cc1. The van der Waals surface area contributed by atoms with Gasteiger partial charge in [0.05, 0.1) is 4.90 Å². The molecular weight excluding hydrogens is 420 g/mol. The van der Waals surface area contributed by atoms with Gasteiger partial charge in [0.15, 0.2) is 0 Å². The van der Waals surface area contributed by atoms with E-state index < -0.39 is 10.0 Å². The van der Waals surface area contributed by atoms with E-state index in [2.05, 4.69) is 5.32 Å². The fourth-order valence-electron chi connectivity index (χ4n) is 3.78. The third-order valence-electron chi connectivity index (χ3n) is 5.57. The van der Waals surface area contributed by atoms with Crippen molar-refractivity contribution in [3.8, 4) is 0 Å². The zero-order chi connectivity index (χ0) is 21.6. The van der Waals surface area contributed by atoms with Gasteiger partial charge in [-0.1, -0.05) is 56.3 Å². The molecule has 1 saturated carbocycles. The van der Waals surface area contributed by atoms with Gasteiger partial charge in [0.1, 0.15) is 0 Å². The maximum absolute atomic E-state index is 12.9. The molecular formula is C23H29ClN2O3S. The molecule has 0 heterocycles. The average molecular weight is 449 g/mol. The third kappa shape index (κ3) is 5.84. The van der Waals surface area contributed by atoms with Gasteiger partial charge in [-0.25, -0.2) is 8.42 Å². The van der Waals surface area contributed by atoms with Crippen molar-refractivity contribution < 1.29 is 13.2 Å². The van der Waals surface area contributed by atoms with Gasteiger partial charge in [0.25, 0.3) is 5.91 Å². The summed E-state index contributed by atoms with van der Waals surface area (Å²) in [7, 11) is -3.62. The minimum Gasteiger partial charge on any atom is -0.349 e. The number of hydrogen-bond acceptors (Lipinski definition) is 3. The normalized spacial score (nSPS) is 15.7. The first-order chi connectivity index (χ1) is 14.4. The van der Waals surface area contributed by atoms with Crippen LogP contribution in [0.2, 0.25) is 5.02 Å². The van der Waals surface area contributed by atoms with Crippen molar-refractivity contribution in [2.75, 3.05) is 6.54 Å². The van der Waals surface area contributed by atoms with E-state index in [1.54, 1.807) is 24.3 Å². The quantitative estimate of drug-likeness (QED) is 0.606. The summed E-state index contributed by atoms with van der Waals surface area (Å²) in [5.74, 6) is -0.0606. The molecule has 1 fully saturated rings. The van der Waals surface area contributed by atoms with Gasteiger partial charge in [0, 0.05) is 29.7 Å². The summed E-state index contributed by atoms with van der Waals surface area (Å²) >= 11 is 5.87. The smallest absolute Gasteiger partial charge is 0.251 e. The number of nitrogens with one attached hydrogen (secondary N) is 1. The lowest BCUT2D eigenvalue weighted by Crippen LogP contribution is -2.34. The van der Waals surface area contributed by atoms with Gasteiger partial charge < -0.3 is 5.32 Å². The third-order valence-corrected chi connectivity index (χ3v) is 7.76. The minimum atomic E-state index is -3.62. The highest BCUT2D eigenvalue weighted by atomic mass is 35.5. The van der Waals surface area contributed by atoms with E-state index in [1.807, 2.05) is 19.1 Å². The van der Waals surface area contributed by atoms with Gasteiger partial charge >= 0.3 is 0 Å². The van der Waals surface area contributed by atoms with Crippen molar-refractivity contribution in [1.82, 2.24) is 9.62 Å². The van der Waals surface area contributed by atoms with E-state index in [1.165, 1.54) is 42.1 Å². The molecule has 0 unspecified atom stereocenters. The van der Waals surface area contributed by atoms with Crippen LogP contribution in [0.3, 0.4) is 0 Å². The van der Waals surface area contributed by atoms with Crippen LogP contribution < -0.4 is 5.32 Å². The number of carbonyl (C=O) groups excluding carboxylic acids is 1. The molecule has 30 heavy (non-hydrogen) atoms. The van der Waals surface area contributed by atoms with E-state index >= 15 is 0 Å². The Balaban J connectivity index is 1.66. The summed E-state index contributed by atoms with van der Waals surface area (Å²) in [5, 5.41) is 3.64. The van der Waals surface area contributed by atoms with Crippen molar-refractivity contribution in [2.45, 2.75) is 62.9 Å². The summed E-state index contributed by atoms with van der Waals surface area (Å²) in [6.07, 6.45) is 6.90. The second-order valence-corrected chi connectivity index (χ2v) is 10.1. The molecule has 1 aliphatic rings. The van der Waals surface area contributed by atoms with Crippen LogP contribution in [-0.2, 0) is 16.6 Å². The molecule has 5 nitrogen and oxygen atoms in total. The van der Waals surface area contributed by atoms with Crippen molar-refractivity contribution >= 4 is 27.5 Å². The Morgan fingerprint density at radius 3 is 2.17 bits per heavy atom. The summed E-state index contributed by atoms with van der Waals surface area (Å²) in [4.78, 5) is 12.8. The molecule has 3 rings (SSSR count). The predicted molar refractivity (Wildman–Crippen MR) is 120 cm³/mol. The Morgan fingerprint density at radius 2 is 1.60 bits per heavy atom. The molecule has 0 radical (unpaired) electrons. The van der Waals surface area contributed by atoms with E-state index in [-0.39, 0.29) is 23.4 Å². The molecule has 0 bridgehead atoms. The molecule has 0 aliphatic heterocycles. The maximum atomic E-state index is 12.9. The number of nitrogens with zero attached hydrogens (tertiary/aromatic N) is 1. The Kier molecular flexibility index (Phi) is 7.92. The van der Waals surface area contributed by atoms with Crippen LogP contribution in [0.15, 0.2) is 53.4 Å². The van der Waals surface area contributed by atoms with Gasteiger partial charge in [-0.3, -0.25) is 4.79 Å². The number of amides is 1. The zero-order valence-corrected chi connectivity index (χ0v) is 18.9. The van der Waals surface area contributed by atoms with E-state index in [0.717, 1.165) is 18.4 Å². The molecule has 0 atom stereocenters. The van der Waals surface area contributed by atoms with E-state index in [4.69, 9.17) is 11.6 Å². The predicted octanol–water partition coefficient (Wildman–Crippen LogP) is 5.00. The number of rotatable bonds is 7. The van der Waals surface area contributed by atoms with Crippen LogP contribution in [0.1, 0.15) is 61.4 Å². The topological polar surface area (TPSA) is 66.5 Å². The lowest BCUT2D eigenvalue weighted by molar-refractivity contribution is 0.0933. The van der Waals surface area contributed by atoms with Crippen LogP contribution in [0.5, 0.6) is 0 Å². The average Bonchev–Trinajstić information content (AvgIpc) is 3.01. The summed E-state index contributed by atoms with van der Waals surface area (Å²) < 4.78 is 27.3. The Bertz CT molecular complexity index is 935. The molecule has 1 aliphatic carbocycles. The second-order valence-electron chi connectivity index (χ2n) is 7.74. The largest absolute Gasteiger partial charge is 0.349 e. The highest BCUT2D eigenvalue weighted by Gasteiger charge is 2.23. The highest BCUT2D eigenvalue weighted by Crippen LogP contribution is 2.21. The monoisotopic (exact) mass is 448 g/mol. The van der Waals surface area contributed by atoms with Crippen molar-refractivity contribution in [2.24, 2.45) is 0 Å². The zero-order valence-electron chi connectivity index (χ0n) is 17.3. The molecule has 1 N–H and O–H groups in total. The van der Waals surface area contributed by atoms with Crippen LogP contribution >= 0.6 is 11.6 Å². The summed E-state index contributed by atoms with van der Waals surface area (Å²) in [6.45, 7) is 2.39. The molecule has 0 spiro atoms. The number of carbonyl (C=O) groups is 1. The summed E-state index contributed by atoms with van der Waals surface area (Å²) in [6, 6.07) is 13.6. The molecule has 2 aromatic carbocycles. The standard InChI is InChI=1S/C23H29ClN2O3S/c1-2-26(30(28,29)22-15-13-20(24)14-16-22)17-18-9-11-19(12-10-18)23(27)25-21-7-5-3-4-6-8-21/h9-16,21H,2-8,17H2,1H3,(H,25,27). The first kappa shape index (κ1) is 22.8. The summed E-state index contributed by atoms with van der Waals surface area (Å²) in [5.41, 5.74) is 1.44. The van der Waals surface area contributed by atoms with Crippen LogP contribution in [0.4, 0.5) is 0 Å². The maximum Gasteiger partial charge on any atom is 0.251 e. The first-order valence-corrected chi connectivity index (χ1v) is 12.4. The van der Waals surface area contributed by atoms with E-state index in [0.29, 0.717) is 17.1 Å². The molecule has 7 heteroatoms. The number of hydrogen-bond donors (Lipinski definition) is 1. The molecule has 1 amide bonds. The van der Waals surface area contributed by atoms with Crippen LogP contribution in [-0.4, -0.2) is 31.2 Å². The van der Waals surface area contributed by atoms with Crippen LogP contribution in [0.25, 0.3) is 0 Å². The number of sulfonamides is 1. The van der Waals surface area contributed by atoms with Crippen molar-refractivity contribution in [3.05, 3.63) is 64.7 Å². The van der Waals surface area contributed by atoms with Gasteiger partial charge in [0.2, 0.25) is 10.0 Å². The van der Waals surface area contributed by atoms with Gasteiger partial charge in [-0.15, -0.1) is 0 Å². The van der Waals surface area contributed by atoms with Crippen molar-refractivity contribution in [1.29, 1.82) is 0 Å².